The van der Waals surface area contributed by atoms with Crippen LogP contribution in [0.5, 0.6) is 5.75 Å². The molecule has 0 aliphatic heterocycles. The summed E-state index contributed by atoms with van der Waals surface area (Å²) >= 11 is 7.95. The van der Waals surface area contributed by atoms with E-state index >= 15 is 0 Å². The van der Waals surface area contributed by atoms with E-state index in [4.69, 9.17) is 21.1 Å². The van der Waals surface area contributed by atoms with Crippen LogP contribution in [0.2, 0.25) is 5.02 Å². The lowest BCUT2D eigenvalue weighted by Gasteiger charge is -2.12. The standard InChI is InChI=1S/C28H25ClFN5O4S2/c1-41(36,37)10-9-38-8-7-27-35-25(16-40-27)23-13-21-24(14-31-23)32-17-33-28(21)34-20-5-6-26(22(29)12-20)39-15-18-3-2-4-19(30)11-18/h2-6,11-14,16-17H,7-10,15H2,1H3,(H,32,33,34). The lowest BCUT2D eigenvalue weighted by atomic mass is 10.2. The summed E-state index contributed by atoms with van der Waals surface area (Å²) in [5.74, 6) is 0.713. The van der Waals surface area contributed by atoms with Gasteiger partial charge in [0.25, 0.3) is 0 Å². The molecule has 0 bridgehead atoms. The largest absolute Gasteiger partial charge is 0.487 e. The maximum absolute atomic E-state index is 13.4. The van der Waals surface area contributed by atoms with Crippen LogP contribution in [-0.2, 0) is 27.6 Å². The minimum absolute atomic E-state index is 0.00371. The Hall–Kier alpha value is -3.71. The first-order valence-corrected chi connectivity index (χ1v) is 15.8. The lowest BCUT2D eigenvalue weighted by Crippen LogP contribution is -2.11. The number of benzene rings is 2. The molecular weight excluding hydrogens is 589 g/mol. The Labute approximate surface area is 245 Å². The second kappa shape index (κ2) is 12.9. The summed E-state index contributed by atoms with van der Waals surface area (Å²) in [5, 5.41) is 7.20. The zero-order chi connectivity index (χ0) is 28.8. The highest BCUT2D eigenvalue weighted by atomic mass is 35.5. The van der Waals surface area contributed by atoms with Crippen LogP contribution in [0, 0.1) is 5.82 Å². The molecule has 5 aromatic rings. The minimum atomic E-state index is -3.04. The van der Waals surface area contributed by atoms with E-state index in [1.54, 1.807) is 30.5 Å². The van der Waals surface area contributed by atoms with E-state index in [9.17, 15) is 12.8 Å². The van der Waals surface area contributed by atoms with Gasteiger partial charge in [-0.15, -0.1) is 11.3 Å². The van der Waals surface area contributed by atoms with Crippen molar-refractivity contribution in [3.63, 3.8) is 0 Å². The molecule has 0 spiro atoms. The van der Waals surface area contributed by atoms with Gasteiger partial charge in [0.2, 0.25) is 0 Å². The Morgan fingerprint density at radius 2 is 1.93 bits per heavy atom. The topological polar surface area (TPSA) is 116 Å². The van der Waals surface area contributed by atoms with Crippen LogP contribution in [0.15, 0.2) is 66.4 Å². The van der Waals surface area contributed by atoms with Crippen molar-refractivity contribution in [2.24, 2.45) is 0 Å². The van der Waals surface area contributed by atoms with Crippen LogP contribution in [0.4, 0.5) is 15.9 Å². The van der Waals surface area contributed by atoms with Gasteiger partial charge in [-0.2, -0.15) is 0 Å². The van der Waals surface area contributed by atoms with Gasteiger partial charge in [-0.3, -0.25) is 4.98 Å². The number of rotatable bonds is 12. The predicted octanol–water partition coefficient (Wildman–Crippen LogP) is 5.87. The molecule has 0 aliphatic rings. The molecule has 0 aliphatic carbocycles. The number of fused-ring (bicyclic) bond motifs is 1. The number of nitrogens with one attached hydrogen (secondary N) is 1. The van der Waals surface area contributed by atoms with Crippen LogP contribution in [0.3, 0.4) is 0 Å². The zero-order valence-electron chi connectivity index (χ0n) is 21.9. The summed E-state index contributed by atoms with van der Waals surface area (Å²) in [7, 11) is -3.04. The molecule has 41 heavy (non-hydrogen) atoms. The maximum Gasteiger partial charge on any atom is 0.149 e. The smallest absolute Gasteiger partial charge is 0.149 e. The van der Waals surface area contributed by atoms with Crippen molar-refractivity contribution in [2.45, 2.75) is 13.0 Å². The number of aromatic nitrogens is 4. The fraction of sp³-hybridized carbons (Fsp3) is 0.214. The van der Waals surface area contributed by atoms with E-state index in [2.05, 4.69) is 25.3 Å². The highest BCUT2D eigenvalue weighted by molar-refractivity contribution is 7.90. The Balaban J connectivity index is 1.26. The first-order chi connectivity index (χ1) is 19.7. The number of hydrogen-bond donors (Lipinski definition) is 1. The lowest BCUT2D eigenvalue weighted by molar-refractivity contribution is 0.152. The highest BCUT2D eigenvalue weighted by Crippen LogP contribution is 2.32. The third-order valence-corrected chi connectivity index (χ3v) is 7.98. The van der Waals surface area contributed by atoms with E-state index < -0.39 is 9.84 Å². The summed E-state index contributed by atoms with van der Waals surface area (Å²) in [6.07, 6.45) is 4.88. The Morgan fingerprint density at radius 1 is 1.05 bits per heavy atom. The molecule has 0 unspecified atom stereocenters. The number of anilines is 2. The van der Waals surface area contributed by atoms with Crippen LogP contribution in [-0.4, -0.2) is 53.6 Å². The average Bonchev–Trinajstić information content (AvgIpc) is 3.41. The van der Waals surface area contributed by atoms with Crippen molar-refractivity contribution in [1.82, 2.24) is 19.9 Å². The van der Waals surface area contributed by atoms with Gasteiger partial charge in [0, 0.05) is 29.1 Å². The summed E-state index contributed by atoms with van der Waals surface area (Å²) in [6.45, 7) is 0.729. The number of sulfone groups is 1. The van der Waals surface area contributed by atoms with E-state index in [1.807, 2.05) is 17.5 Å². The number of pyridine rings is 1. The van der Waals surface area contributed by atoms with Gasteiger partial charge < -0.3 is 14.8 Å². The van der Waals surface area contributed by atoms with Gasteiger partial charge in [0.1, 0.15) is 40.2 Å². The normalized spacial score (nSPS) is 11.6. The molecular formula is C28H25ClFN5O4S2. The summed E-state index contributed by atoms with van der Waals surface area (Å²) in [4.78, 5) is 17.9. The molecule has 1 N–H and O–H groups in total. The molecule has 5 rings (SSSR count). The number of hydrogen-bond acceptors (Lipinski definition) is 10. The molecule has 0 fully saturated rings. The van der Waals surface area contributed by atoms with E-state index in [1.165, 1.54) is 36.1 Å². The van der Waals surface area contributed by atoms with E-state index in [0.717, 1.165) is 10.4 Å². The van der Waals surface area contributed by atoms with Crippen molar-refractivity contribution >= 4 is 55.2 Å². The van der Waals surface area contributed by atoms with Crippen molar-refractivity contribution in [2.75, 3.05) is 30.5 Å². The SMILES string of the molecule is CS(=O)(=O)CCOCCc1nc(-c2cc3c(Nc4ccc(OCc5cccc(F)c5)c(Cl)c4)ncnc3cn2)cs1. The number of ether oxygens (including phenoxy) is 2. The van der Waals surface area contributed by atoms with Crippen LogP contribution < -0.4 is 10.1 Å². The second-order valence-electron chi connectivity index (χ2n) is 9.12. The Kier molecular flexibility index (Phi) is 9.03. The number of nitrogens with zero attached hydrogens (tertiary/aromatic N) is 4. The molecule has 3 heterocycles. The molecule has 2 aromatic carbocycles. The van der Waals surface area contributed by atoms with Gasteiger partial charge in [-0.05, 0) is 42.0 Å². The average molecular weight is 614 g/mol. The van der Waals surface area contributed by atoms with Gasteiger partial charge in [0.15, 0.2) is 0 Å². The minimum Gasteiger partial charge on any atom is -0.487 e. The van der Waals surface area contributed by atoms with E-state index in [0.29, 0.717) is 57.8 Å². The zero-order valence-corrected chi connectivity index (χ0v) is 24.3. The number of halogens is 2. The van der Waals surface area contributed by atoms with Crippen molar-refractivity contribution in [1.29, 1.82) is 0 Å². The fourth-order valence-corrected chi connectivity index (χ4v) is 5.26. The molecule has 0 saturated heterocycles. The molecule has 0 radical (unpaired) electrons. The van der Waals surface area contributed by atoms with Gasteiger partial charge in [0.05, 0.1) is 52.1 Å². The summed E-state index contributed by atoms with van der Waals surface area (Å²) in [6, 6.07) is 13.4. The van der Waals surface area contributed by atoms with Gasteiger partial charge >= 0.3 is 0 Å². The summed E-state index contributed by atoms with van der Waals surface area (Å²) < 4.78 is 47.1. The number of thiazole rings is 1. The third-order valence-electron chi connectivity index (χ3n) is 5.87. The molecule has 9 nitrogen and oxygen atoms in total. The van der Waals surface area contributed by atoms with Crippen LogP contribution in [0.25, 0.3) is 22.3 Å². The molecule has 0 amide bonds. The van der Waals surface area contributed by atoms with Crippen molar-refractivity contribution in [3.8, 4) is 17.1 Å². The first-order valence-electron chi connectivity index (χ1n) is 12.5. The molecule has 0 atom stereocenters. The third kappa shape index (κ3) is 7.94. The second-order valence-corrected chi connectivity index (χ2v) is 12.7. The van der Waals surface area contributed by atoms with E-state index in [-0.39, 0.29) is 24.8 Å². The maximum atomic E-state index is 13.4. The van der Waals surface area contributed by atoms with Crippen molar-refractivity contribution < 1.29 is 22.3 Å². The highest BCUT2D eigenvalue weighted by Gasteiger charge is 2.12. The summed E-state index contributed by atoms with van der Waals surface area (Å²) in [5.41, 5.74) is 3.42. The quantitative estimate of drug-likeness (QED) is 0.173. The van der Waals surface area contributed by atoms with Gasteiger partial charge in [-0.25, -0.2) is 27.8 Å². The molecule has 212 valence electrons. The fourth-order valence-electron chi connectivity index (χ4n) is 3.83. The molecule has 3 aromatic heterocycles. The predicted molar refractivity (Wildman–Crippen MR) is 158 cm³/mol. The first kappa shape index (κ1) is 28.8. The Morgan fingerprint density at radius 3 is 2.73 bits per heavy atom. The van der Waals surface area contributed by atoms with Crippen LogP contribution >= 0.6 is 22.9 Å². The molecule has 0 saturated carbocycles. The van der Waals surface area contributed by atoms with Crippen molar-refractivity contribution in [3.05, 3.63) is 87.8 Å². The molecule has 13 heteroatoms. The monoisotopic (exact) mass is 613 g/mol. The van der Waals surface area contributed by atoms with Crippen LogP contribution in [0.1, 0.15) is 10.6 Å². The Bertz CT molecular complexity index is 1780. The van der Waals surface area contributed by atoms with Gasteiger partial charge in [-0.1, -0.05) is 23.7 Å².